The normalized spacial score (nSPS) is 11.9. The molecule has 14 N–H and O–H groups in total. The van der Waals surface area contributed by atoms with Crippen molar-refractivity contribution in [2.75, 3.05) is 131 Å². The van der Waals surface area contributed by atoms with Crippen LogP contribution in [0.5, 0.6) is 0 Å². The van der Waals surface area contributed by atoms with E-state index in [4.69, 9.17) is 22.9 Å². The monoisotopic (exact) mass is 1180 g/mol. The molecule has 3 aromatic carbocycles. The van der Waals surface area contributed by atoms with Crippen LogP contribution in [0.1, 0.15) is 125 Å². The zero-order valence-corrected chi connectivity index (χ0v) is 51.7. The van der Waals surface area contributed by atoms with Crippen LogP contribution < -0.4 is 54.8 Å². The Hall–Kier alpha value is -6.36. The van der Waals surface area contributed by atoms with Crippen LogP contribution in [-0.2, 0) is 41.9 Å². The first-order chi connectivity index (χ1) is 41.2. The highest BCUT2D eigenvalue weighted by atomic mass is 16.2. The van der Waals surface area contributed by atoms with Gasteiger partial charge in [0, 0.05) is 183 Å². The van der Waals surface area contributed by atoms with Crippen LogP contribution in [0.2, 0.25) is 0 Å². The van der Waals surface area contributed by atoms with Crippen molar-refractivity contribution in [1.82, 2.24) is 51.5 Å². The predicted octanol–water partition coefficient (Wildman–Crippen LogP) is 3.73. The fourth-order valence-corrected chi connectivity index (χ4v) is 9.06. The maximum Gasteiger partial charge on any atom is 0.221 e. The molecular weight excluding hydrogens is 1070 g/mol. The van der Waals surface area contributed by atoms with Gasteiger partial charge in [-0.1, -0.05) is 137 Å². The number of hydrogen-bond acceptors (Lipinski definition) is 14. The van der Waals surface area contributed by atoms with E-state index >= 15 is 0 Å². The van der Waals surface area contributed by atoms with Crippen molar-refractivity contribution in [1.29, 1.82) is 0 Å². The van der Waals surface area contributed by atoms with Crippen LogP contribution in [0.15, 0.2) is 72.8 Å². The van der Waals surface area contributed by atoms with Gasteiger partial charge in [0.25, 0.3) is 0 Å². The van der Waals surface area contributed by atoms with Gasteiger partial charge in [-0.3, -0.25) is 38.6 Å². The van der Waals surface area contributed by atoms with Gasteiger partial charge < -0.3 is 64.6 Å². The Morgan fingerprint density at radius 2 is 0.647 bits per heavy atom. The van der Waals surface area contributed by atoms with Gasteiger partial charge >= 0.3 is 0 Å². The molecule has 0 radical (unpaired) electrons. The second kappa shape index (κ2) is 45.9. The van der Waals surface area contributed by atoms with Crippen LogP contribution in [0.3, 0.4) is 0 Å². The molecule has 0 bridgehead atoms. The molecule has 1 atom stereocenters. The number of amides is 6. The molecule has 0 aliphatic carbocycles. The first kappa shape index (κ1) is 72.9. The Kier molecular flexibility index (Phi) is 39.4. The molecule has 3 aromatic rings. The number of benzene rings is 3. The van der Waals surface area contributed by atoms with E-state index in [0.29, 0.717) is 176 Å². The average Bonchev–Trinajstić information content (AvgIpc) is 3.65. The van der Waals surface area contributed by atoms with E-state index in [1.165, 1.54) is 0 Å². The molecule has 0 aliphatic rings. The molecule has 0 saturated carbocycles. The smallest absolute Gasteiger partial charge is 0.221 e. The molecule has 0 spiro atoms. The summed E-state index contributed by atoms with van der Waals surface area (Å²) in [5.74, 6) is 0.280. The highest BCUT2D eigenvalue weighted by molar-refractivity contribution is 5.78. The van der Waals surface area contributed by atoms with Gasteiger partial charge in [0.05, 0.1) is 0 Å². The van der Waals surface area contributed by atoms with Crippen LogP contribution in [-0.4, -0.2) is 186 Å². The Balaban J connectivity index is 1.66. The summed E-state index contributed by atoms with van der Waals surface area (Å²) in [6.07, 6.45) is 15.4. The highest BCUT2D eigenvalue weighted by Crippen LogP contribution is 2.17. The molecule has 0 aliphatic heterocycles. The number of nitrogens with two attached hydrogens (primary N) is 4. The van der Waals surface area contributed by atoms with E-state index in [9.17, 15) is 28.8 Å². The molecule has 3 rings (SSSR count). The summed E-state index contributed by atoms with van der Waals surface area (Å²) < 4.78 is 0. The summed E-state index contributed by atoms with van der Waals surface area (Å²) in [6.45, 7) is 17.8. The summed E-state index contributed by atoms with van der Waals surface area (Å²) in [5, 5.41) is 17.5. The van der Waals surface area contributed by atoms with Crippen molar-refractivity contribution in [3.05, 3.63) is 106 Å². The van der Waals surface area contributed by atoms with Crippen molar-refractivity contribution in [3.63, 3.8) is 0 Å². The van der Waals surface area contributed by atoms with Crippen molar-refractivity contribution in [3.8, 4) is 0 Å². The van der Waals surface area contributed by atoms with Crippen molar-refractivity contribution < 1.29 is 28.8 Å². The zero-order valence-electron chi connectivity index (χ0n) is 51.7. The topological polar surface area (TPSA) is 292 Å². The van der Waals surface area contributed by atoms with E-state index in [-0.39, 0.29) is 48.3 Å². The fraction of sp³-hybridized carbons (Fsp3) is 0.569. The number of carbonyl (C=O) groups excluding carboxylic acids is 6. The van der Waals surface area contributed by atoms with E-state index < -0.39 is 0 Å². The molecule has 20 nitrogen and oxygen atoms in total. The fourth-order valence-electron chi connectivity index (χ4n) is 9.06. The van der Waals surface area contributed by atoms with Crippen molar-refractivity contribution in [2.45, 2.75) is 104 Å². The van der Waals surface area contributed by atoms with Gasteiger partial charge in [-0.2, -0.15) is 0 Å². The summed E-state index contributed by atoms with van der Waals surface area (Å²) in [7, 11) is 0. The van der Waals surface area contributed by atoms with Crippen LogP contribution in [0.4, 0.5) is 0 Å². The lowest BCUT2D eigenvalue weighted by molar-refractivity contribution is -0.123. The minimum absolute atomic E-state index is 0.00303. The van der Waals surface area contributed by atoms with Gasteiger partial charge in [-0.05, 0) is 52.1 Å². The lowest BCUT2D eigenvalue weighted by atomic mass is 10.1. The van der Waals surface area contributed by atoms with Crippen molar-refractivity contribution >= 4 is 59.7 Å². The second-order valence-electron chi connectivity index (χ2n) is 21.8. The van der Waals surface area contributed by atoms with Gasteiger partial charge in [0.1, 0.15) is 0 Å². The molecule has 85 heavy (non-hydrogen) atoms. The van der Waals surface area contributed by atoms with E-state index in [1.54, 1.807) is 0 Å². The minimum Gasteiger partial charge on any atom is -0.356 e. The molecule has 472 valence electrons. The Morgan fingerprint density at radius 1 is 0.376 bits per heavy atom. The first-order valence-electron chi connectivity index (χ1n) is 31.2. The third-order valence-electron chi connectivity index (χ3n) is 14.7. The van der Waals surface area contributed by atoms with Crippen LogP contribution >= 0.6 is 0 Å². The van der Waals surface area contributed by atoms with Gasteiger partial charge in [0.15, 0.2) is 0 Å². The predicted molar refractivity (Wildman–Crippen MR) is 346 cm³/mol. The third-order valence-corrected chi connectivity index (χ3v) is 14.7. The van der Waals surface area contributed by atoms with Gasteiger partial charge in [-0.15, -0.1) is 0 Å². The summed E-state index contributed by atoms with van der Waals surface area (Å²) in [6, 6.07) is 25.3. The van der Waals surface area contributed by atoms with Gasteiger partial charge in [0.2, 0.25) is 35.4 Å². The molecule has 0 fully saturated rings. The lowest BCUT2D eigenvalue weighted by Crippen LogP contribution is -2.40. The summed E-state index contributed by atoms with van der Waals surface area (Å²) in [4.78, 5) is 84.8. The molecule has 1 unspecified atom stereocenters. The zero-order chi connectivity index (χ0) is 61.7. The molecule has 20 heteroatoms. The van der Waals surface area contributed by atoms with E-state index in [0.717, 1.165) is 65.5 Å². The summed E-state index contributed by atoms with van der Waals surface area (Å²) in [5.41, 5.74) is 28.9. The quantitative estimate of drug-likeness (QED) is 0.0285. The summed E-state index contributed by atoms with van der Waals surface area (Å²) >= 11 is 0. The second-order valence-corrected chi connectivity index (χ2v) is 21.8. The van der Waals surface area contributed by atoms with E-state index in [2.05, 4.69) is 169 Å². The van der Waals surface area contributed by atoms with Crippen LogP contribution in [0.25, 0.3) is 24.3 Å². The molecule has 0 aromatic heterocycles. The van der Waals surface area contributed by atoms with E-state index in [1.807, 2.05) is 0 Å². The maximum atomic E-state index is 13.0. The first-order valence-corrected chi connectivity index (χ1v) is 31.2. The Bertz CT molecular complexity index is 2360. The number of unbranched alkanes of at least 4 members (excludes halogenated alkanes) is 2. The highest BCUT2D eigenvalue weighted by Gasteiger charge is 2.18. The number of hydrogen-bond donors (Lipinski definition) is 10. The molecule has 0 heterocycles. The molecule has 0 saturated heterocycles. The number of carbonyl (C=O) groups is 6. The lowest BCUT2D eigenvalue weighted by Gasteiger charge is -2.28. The Morgan fingerprint density at radius 3 is 0.941 bits per heavy atom. The molecular formula is C65H106N14O6. The Labute approximate surface area is 508 Å². The third kappa shape index (κ3) is 35.6. The number of rotatable bonds is 48. The van der Waals surface area contributed by atoms with Crippen molar-refractivity contribution in [2.24, 2.45) is 28.9 Å². The van der Waals surface area contributed by atoms with Crippen LogP contribution in [0, 0.1) is 5.92 Å². The average molecular weight is 1180 g/mol. The number of nitrogens with one attached hydrogen (secondary N) is 6. The molecule has 6 amide bonds. The standard InChI is InChI=1S/C65H106N14O6/c1-4-6-7-35-70-60(80)25-41-76(42-26-62(82)72-37-31-66)47-50-79(46-30-65(85)75-40-34-69)52-59-22-18-57(19-23-59)15-13-55-10-8-54(9-11-55)12-14-56-16-20-58(21-17-56)51-78(45-29-61(81)71-36-24-53(3)5-2)49-48-77(43-27-63(83)73-38-32-67)44-28-64(84)74-39-33-68/h8-23,53H,4-7,24-52,66-69H2,1-3H3,(H,70,80)(H,71,81)(H,72,82)(H,73,83)(H,74,84)(H,75,85). The van der Waals surface area contributed by atoms with Gasteiger partial charge in [-0.25, -0.2) is 0 Å². The maximum absolute atomic E-state index is 13.0. The minimum atomic E-state index is -0.0834. The SMILES string of the molecule is CCCCCNC(=O)CCN(CCC(=O)NCCN)CCN(CCC(=O)NCCN)Cc1ccc(C=Cc2ccc(C=Cc3ccc(CN(CCC(=O)NCCC(C)CC)CCN(CCC(=O)NCCN)CCC(=O)NCCN)cc3)cc2)cc1. The number of nitrogens with zero attached hydrogens (tertiary/aromatic N) is 4. The largest absolute Gasteiger partial charge is 0.356 e.